The number of hydrogen-bond acceptors (Lipinski definition) is 3. The van der Waals surface area contributed by atoms with Crippen LogP contribution in [0.5, 0.6) is 0 Å². The predicted octanol–water partition coefficient (Wildman–Crippen LogP) is 7.82. The van der Waals surface area contributed by atoms with Crippen molar-refractivity contribution in [3.8, 4) is 0 Å². The van der Waals surface area contributed by atoms with Crippen LogP contribution in [0.3, 0.4) is 0 Å². The van der Waals surface area contributed by atoms with Gasteiger partial charge in [0.05, 0.1) is 5.57 Å². The zero-order valence-electron chi connectivity index (χ0n) is 21.6. The van der Waals surface area contributed by atoms with E-state index in [1.807, 2.05) is 72.9 Å². The summed E-state index contributed by atoms with van der Waals surface area (Å²) in [5.41, 5.74) is 6.45. The topological polar surface area (TPSA) is 79.5 Å². The average Bonchev–Trinajstić information content (AvgIpc) is 3.30. The summed E-state index contributed by atoms with van der Waals surface area (Å²) in [5, 5.41) is 19.1. The fourth-order valence-corrected chi connectivity index (χ4v) is 5.23. The summed E-state index contributed by atoms with van der Waals surface area (Å²) in [6.07, 6.45) is 6.18. The first-order chi connectivity index (χ1) is 18.6. The number of aromatic nitrogens is 1. The number of para-hydroxylation sites is 1. The maximum atomic E-state index is 14.3. The van der Waals surface area contributed by atoms with Crippen LogP contribution in [-0.2, 0) is 11.3 Å². The van der Waals surface area contributed by atoms with E-state index in [9.17, 15) is 9.90 Å². The van der Waals surface area contributed by atoms with Crippen LogP contribution in [0.4, 0.5) is 0 Å². The van der Waals surface area contributed by atoms with Crippen LogP contribution in [0.2, 0.25) is 0 Å². The molecule has 38 heavy (non-hydrogen) atoms. The zero-order chi connectivity index (χ0) is 26.9. The number of aliphatic hydroxyl groups is 1. The van der Waals surface area contributed by atoms with E-state index in [2.05, 4.69) is 29.7 Å². The summed E-state index contributed by atoms with van der Waals surface area (Å²) < 4.78 is 2.14. The highest BCUT2D eigenvalue weighted by Crippen LogP contribution is 2.38. The Labute approximate surface area is 223 Å². The Morgan fingerprint density at radius 2 is 1.50 bits per heavy atom. The number of ketones is 1. The predicted molar refractivity (Wildman–Crippen MR) is 152 cm³/mol. The molecule has 5 heteroatoms. The van der Waals surface area contributed by atoms with E-state index in [1.54, 1.807) is 0 Å². The lowest BCUT2D eigenvalue weighted by Crippen LogP contribution is -2.12. The van der Waals surface area contributed by atoms with Crippen molar-refractivity contribution in [1.82, 2.24) is 4.57 Å². The quantitative estimate of drug-likeness (QED) is 0.206. The third-order valence-electron chi connectivity index (χ3n) is 6.98. The number of benzene rings is 3. The summed E-state index contributed by atoms with van der Waals surface area (Å²) in [6, 6.07) is 28.4. The van der Waals surface area contributed by atoms with Gasteiger partial charge in [0.1, 0.15) is 5.76 Å². The van der Waals surface area contributed by atoms with E-state index < -0.39 is 0 Å². The molecule has 0 radical (unpaired) electrons. The molecule has 2 N–H and O–H groups in total. The van der Waals surface area contributed by atoms with E-state index in [-0.39, 0.29) is 18.0 Å². The Kier molecular flexibility index (Phi) is 8.94. The number of nitrogens with zero attached hydrogens (tertiary/aromatic N) is 1. The number of allylic oxidation sites excluding steroid dienone is 4. The molecular weight excluding hydrogens is 474 g/mol. The van der Waals surface area contributed by atoms with Gasteiger partial charge in [0, 0.05) is 35.6 Å². The van der Waals surface area contributed by atoms with Crippen molar-refractivity contribution in [2.45, 2.75) is 45.6 Å². The molecule has 0 aliphatic heterocycles. The summed E-state index contributed by atoms with van der Waals surface area (Å²) in [5.74, 6) is 0.108. The van der Waals surface area contributed by atoms with Crippen LogP contribution in [-0.4, -0.2) is 27.0 Å². The van der Waals surface area contributed by atoms with Crippen molar-refractivity contribution >= 4 is 28.7 Å². The van der Waals surface area contributed by atoms with E-state index in [0.717, 1.165) is 47.7 Å². The van der Waals surface area contributed by atoms with Gasteiger partial charge in [-0.2, -0.15) is 0 Å². The number of fused-ring (bicyclic) bond motifs is 1. The van der Waals surface area contributed by atoms with Gasteiger partial charge in [-0.15, -0.1) is 0 Å². The highest BCUT2D eigenvalue weighted by Gasteiger charge is 2.28. The Bertz CT molecular complexity index is 1460. The number of hydrogen-bond donors (Lipinski definition) is 2. The van der Waals surface area contributed by atoms with Gasteiger partial charge in [-0.25, -0.2) is 0 Å². The molecule has 1 aliphatic carbocycles. The lowest BCUT2D eigenvalue weighted by molar-refractivity contribution is -0.122. The molecule has 0 bridgehead atoms. The van der Waals surface area contributed by atoms with Gasteiger partial charge in [-0.1, -0.05) is 91.4 Å². The minimum Gasteiger partial charge on any atom is -0.512 e. The SMILES string of the molecule is CC/C1=C(c2ccccc2)\C(C(=O)c2cn(Cc3ccccc3)c3ccccc23)=C(\O)CCCC1.O=CO. The normalized spacial score (nSPS) is 17.7. The van der Waals surface area contributed by atoms with Crippen molar-refractivity contribution in [3.63, 3.8) is 0 Å². The number of carboxylic acid groups (broad SMARTS) is 1. The fourth-order valence-electron chi connectivity index (χ4n) is 5.23. The van der Waals surface area contributed by atoms with Crippen molar-refractivity contribution in [2.75, 3.05) is 0 Å². The van der Waals surface area contributed by atoms with Crippen molar-refractivity contribution < 1.29 is 19.8 Å². The summed E-state index contributed by atoms with van der Waals surface area (Å²) in [4.78, 5) is 22.7. The van der Waals surface area contributed by atoms with Gasteiger partial charge < -0.3 is 14.8 Å². The third-order valence-corrected chi connectivity index (χ3v) is 6.98. The lowest BCUT2D eigenvalue weighted by Gasteiger charge is -2.21. The van der Waals surface area contributed by atoms with Crippen LogP contribution in [0.25, 0.3) is 16.5 Å². The molecule has 4 aromatic rings. The molecule has 0 fully saturated rings. The Hall–Kier alpha value is -4.38. The minimum atomic E-state index is -0.250. The number of carbonyl (C=O) groups excluding carboxylic acids is 1. The molecular formula is C33H33NO4. The Balaban J connectivity index is 0.00000107. The number of Topliss-reactive ketones (excluding diaryl/α,β-unsaturated/α-hetero) is 1. The van der Waals surface area contributed by atoms with Crippen LogP contribution >= 0.6 is 0 Å². The second-order valence-electron chi connectivity index (χ2n) is 9.33. The largest absolute Gasteiger partial charge is 0.512 e. The standard InChI is InChI=1S/C32H31NO2.CH2O2/c1-2-24-15-9-12-20-29(34)31(30(24)25-16-7-4-8-17-25)32(35)27-22-33(21-23-13-5-3-6-14-23)28-19-11-10-18-26(27)28;2-1-3/h3-8,10-11,13-14,16-19,22,34H,2,9,12,15,20-21H2,1H3;1H,(H,2,3)/b30-24+,31-29-;. The molecule has 0 saturated heterocycles. The van der Waals surface area contributed by atoms with E-state index in [0.29, 0.717) is 24.1 Å². The molecule has 5 rings (SSSR count). The summed E-state index contributed by atoms with van der Waals surface area (Å²) in [6.45, 7) is 2.58. The van der Waals surface area contributed by atoms with Gasteiger partial charge in [-0.05, 0) is 48.4 Å². The first kappa shape index (κ1) is 26.7. The maximum absolute atomic E-state index is 14.3. The van der Waals surface area contributed by atoms with E-state index in [4.69, 9.17) is 9.90 Å². The molecule has 0 amide bonds. The summed E-state index contributed by atoms with van der Waals surface area (Å²) >= 11 is 0. The smallest absolute Gasteiger partial charge is 0.290 e. The molecule has 0 unspecified atom stereocenters. The van der Waals surface area contributed by atoms with Crippen LogP contribution in [0.1, 0.15) is 60.5 Å². The van der Waals surface area contributed by atoms with Crippen molar-refractivity contribution in [1.29, 1.82) is 0 Å². The molecule has 3 aromatic carbocycles. The third kappa shape index (κ3) is 5.78. The summed E-state index contributed by atoms with van der Waals surface area (Å²) in [7, 11) is 0. The van der Waals surface area contributed by atoms with Crippen molar-refractivity contribution in [2.24, 2.45) is 0 Å². The van der Waals surface area contributed by atoms with Gasteiger partial charge >= 0.3 is 0 Å². The monoisotopic (exact) mass is 507 g/mol. The average molecular weight is 508 g/mol. The second kappa shape index (κ2) is 12.7. The van der Waals surface area contributed by atoms with Gasteiger partial charge in [0.25, 0.3) is 6.47 Å². The molecule has 0 atom stereocenters. The molecule has 1 aromatic heterocycles. The van der Waals surface area contributed by atoms with E-state index >= 15 is 0 Å². The highest BCUT2D eigenvalue weighted by atomic mass is 16.3. The number of carbonyl (C=O) groups is 2. The molecule has 1 heterocycles. The van der Waals surface area contributed by atoms with E-state index in [1.165, 1.54) is 11.1 Å². The maximum Gasteiger partial charge on any atom is 0.290 e. The molecule has 0 saturated carbocycles. The van der Waals surface area contributed by atoms with Crippen LogP contribution in [0.15, 0.2) is 108 Å². The lowest BCUT2D eigenvalue weighted by atomic mass is 9.82. The Morgan fingerprint density at radius 1 is 0.895 bits per heavy atom. The fraction of sp³-hybridized carbons (Fsp3) is 0.212. The molecule has 1 aliphatic rings. The Morgan fingerprint density at radius 3 is 2.18 bits per heavy atom. The number of rotatable bonds is 6. The first-order valence-corrected chi connectivity index (χ1v) is 13.0. The van der Waals surface area contributed by atoms with Gasteiger partial charge in [-0.3, -0.25) is 9.59 Å². The van der Waals surface area contributed by atoms with Crippen LogP contribution in [0, 0.1) is 0 Å². The number of aliphatic hydroxyl groups excluding tert-OH is 1. The van der Waals surface area contributed by atoms with Crippen LogP contribution < -0.4 is 0 Å². The minimum absolute atomic E-state index is 0.0998. The first-order valence-electron chi connectivity index (χ1n) is 13.0. The van der Waals surface area contributed by atoms with Gasteiger partial charge in [0.2, 0.25) is 0 Å². The van der Waals surface area contributed by atoms with Gasteiger partial charge in [0.15, 0.2) is 5.78 Å². The molecule has 194 valence electrons. The highest BCUT2D eigenvalue weighted by molar-refractivity contribution is 6.24. The van der Waals surface area contributed by atoms with Crippen molar-refractivity contribution in [3.05, 3.63) is 125 Å². The molecule has 0 spiro atoms. The second-order valence-corrected chi connectivity index (χ2v) is 9.33. The molecule has 5 nitrogen and oxygen atoms in total. The zero-order valence-corrected chi connectivity index (χ0v) is 21.6.